The quantitative estimate of drug-likeness (QED) is 0.680. The van der Waals surface area contributed by atoms with Crippen LogP contribution in [0.1, 0.15) is 23.4 Å². The van der Waals surface area contributed by atoms with Gasteiger partial charge in [-0.25, -0.2) is 9.78 Å². The first-order valence-electron chi connectivity index (χ1n) is 7.31. The normalized spacial score (nSPS) is 10.3. The summed E-state index contributed by atoms with van der Waals surface area (Å²) in [6.45, 7) is 2.67. The number of aromatic nitrogens is 1. The van der Waals surface area contributed by atoms with E-state index in [9.17, 15) is 9.59 Å². The molecule has 2 aromatic rings. The highest BCUT2D eigenvalue weighted by Gasteiger charge is 2.10. The molecule has 0 bridgehead atoms. The van der Waals surface area contributed by atoms with Crippen LogP contribution in [0.3, 0.4) is 0 Å². The third-order valence-corrected chi connectivity index (χ3v) is 4.38. The van der Waals surface area contributed by atoms with Crippen LogP contribution in [0.4, 0.5) is 4.79 Å². The van der Waals surface area contributed by atoms with Gasteiger partial charge in [0.15, 0.2) is 0 Å². The molecule has 7 heteroatoms. The van der Waals surface area contributed by atoms with Crippen molar-refractivity contribution < 1.29 is 14.7 Å². The Bertz CT molecular complexity index is 670. The number of nitrogens with one attached hydrogen (secondary N) is 2. The van der Waals surface area contributed by atoms with Crippen molar-refractivity contribution in [1.29, 1.82) is 0 Å². The van der Waals surface area contributed by atoms with E-state index in [0.717, 1.165) is 21.1 Å². The highest BCUT2D eigenvalue weighted by Crippen LogP contribution is 2.27. The Morgan fingerprint density at radius 1 is 1.22 bits per heavy atom. The van der Waals surface area contributed by atoms with Gasteiger partial charge in [0, 0.05) is 23.4 Å². The summed E-state index contributed by atoms with van der Waals surface area (Å²) in [4.78, 5) is 27.6. The number of amides is 2. The molecule has 0 saturated heterocycles. The minimum atomic E-state index is -0.860. The Labute approximate surface area is 138 Å². The molecule has 0 fully saturated rings. The van der Waals surface area contributed by atoms with E-state index in [1.807, 2.05) is 37.3 Å². The largest absolute Gasteiger partial charge is 0.481 e. The Morgan fingerprint density at radius 3 is 2.65 bits per heavy atom. The molecule has 0 spiro atoms. The predicted octanol–water partition coefficient (Wildman–Crippen LogP) is 2.78. The lowest BCUT2D eigenvalue weighted by Crippen LogP contribution is -2.35. The topological polar surface area (TPSA) is 91.3 Å². The molecule has 0 saturated carbocycles. The fourth-order valence-corrected chi connectivity index (χ4v) is 2.97. The summed E-state index contributed by atoms with van der Waals surface area (Å²) >= 11 is 1.56. The van der Waals surface area contributed by atoms with Crippen LogP contribution in [0.25, 0.3) is 10.6 Å². The van der Waals surface area contributed by atoms with Crippen molar-refractivity contribution in [1.82, 2.24) is 15.6 Å². The molecule has 122 valence electrons. The van der Waals surface area contributed by atoms with Crippen LogP contribution >= 0.6 is 11.3 Å². The molecular formula is C16H19N3O3S. The zero-order chi connectivity index (χ0) is 16.7. The van der Waals surface area contributed by atoms with E-state index in [0.29, 0.717) is 19.5 Å². The number of hydrogen-bond donors (Lipinski definition) is 3. The minimum Gasteiger partial charge on any atom is -0.481 e. The lowest BCUT2D eigenvalue weighted by molar-refractivity contribution is -0.137. The number of aliphatic carboxylic acids is 1. The second kappa shape index (κ2) is 8.28. The first-order valence-corrected chi connectivity index (χ1v) is 8.13. The number of carbonyl (C=O) groups excluding carboxylic acids is 1. The van der Waals surface area contributed by atoms with Gasteiger partial charge in [0.25, 0.3) is 0 Å². The van der Waals surface area contributed by atoms with Gasteiger partial charge < -0.3 is 15.7 Å². The van der Waals surface area contributed by atoms with Crippen LogP contribution < -0.4 is 10.6 Å². The van der Waals surface area contributed by atoms with Crippen molar-refractivity contribution in [2.75, 3.05) is 6.54 Å². The number of carboxylic acids is 1. The maximum atomic E-state index is 11.7. The standard InChI is InChI=1S/C16H19N3O3S/c1-11-13(10-18-16(22)17-9-5-8-14(20)21)23-15(19-11)12-6-3-2-4-7-12/h2-4,6-7H,5,8-10H2,1H3,(H,20,21)(H2,17,18,22). The van der Waals surface area contributed by atoms with E-state index in [1.165, 1.54) is 0 Å². The fraction of sp³-hybridized carbons (Fsp3) is 0.312. The number of benzene rings is 1. The molecule has 2 amide bonds. The van der Waals surface area contributed by atoms with Crippen molar-refractivity contribution in [3.63, 3.8) is 0 Å². The first kappa shape index (κ1) is 17.0. The fourth-order valence-electron chi connectivity index (χ4n) is 1.96. The number of urea groups is 1. The number of rotatable bonds is 7. The minimum absolute atomic E-state index is 0.0503. The summed E-state index contributed by atoms with van der Waals surface area (Å²) in [7, 11) is 0. The van der Waals surface area contributed by atoms with E-state index in [1.54, 1.807) is 11.3 Å². The first-order chi connectivity index (χ1) is 11.1. The van der Waals surface area contributed by atoms with Crippen LogP contribution in [-0.4, -0.2) is 28.6 Å². The smallest absolute Gasteiger partial charge is 0.315 e. The van der Waals surface area contributed by atoms with Crippen LogP contribution in [0.5, 0.6) is 0 Å². The van der Waals surface area contributed by atoms with Gasteiger partial charge in [0.05, 0.1) is 12.2 Å². The average molecular weight is 333 g/mol. The summed E-state index contributed by atoms with van der Waals surface area (Å²) in [5.74, 6) is -0.860. The Hall–Kier alpha value is -2.41. The van der Waals surface area contributed by atoms with Gasteiger partial charge in [-0.3, -0.25) is 4.79 Å². The number of carbonyl (C=O) groups is 2. The van der Waals surface area contributed by atoms with E-state index in [-0.39, 0.29) is 12.5 Å². The lowest BCUT2D eigenvalue weighted by Gasteiger charge is -2.06. The molecule has 0 radical (unpaired) electrons. The second-order valence-corrected chi connectivity index (χ2v) is 6.08. The van der Waals surface area contributed by atoms with Gasteiger partial charge >= 0.3 is 12.0 Å². The highest BCUT2D eigenvalue weighted by atomic mass is 32.1. The molecule has 1 aromatic carbocycles. The third-order valence-electron chi connectivity index (χ3n) is 3.18. The summed E-state index contributed by atoms with van der Waals surface area (Å²) in [6, 6.07) is 9.60. The van der Waals surface area contributed by atoms with Gasteiger partial charge in [-0.1, -0.05) is 30.3 Å². The summed E-state index contributed by atoms with van der Waals surface area (Å²) < 4.78 is 0. The molecule has 0 unspecified atom stereocenters. The molecule has 0 aliphatic carbocycles. The maximum absolute atomic E-state index is 11.7. The maximum Gasteiger partial charge on any atom is 0.315 e. The van der Waals surface area contributed by atoms with Gasteiger partial charge in [-0.05, 0) is 13.3 Å². The average Bonchev–Trinajstić information content (AvgIpc) is 2.91. The summed E-state index contributed by atoms with van der Waals surface area (Å²) in [5.41, 5.74) is 1.96. The SMILES string of the molecule is Cc1nc(-c2ccccc2)sc1CNC(=O)NCCCC(=O)O. The Balaban J connectivity index is 1.83. The van der Waals surface area contributed by atoms with Crippen LogP contribution in [0.2, 0.25) is 0 Å². The zero-order valence-corrected chi connectivity index (χ0v) is 13.7. The molecular weight excluding hydrogens is 314 g/mol. The van der Waals surface area contributed by atoms with E-state index >= 15 is 0 Å². The van der Waals surface area contributed by atoms with Gasteiger partial charge in [-0.2, -0.15) is 0 Å². The summed E-state index contributed by atoms with van der Waals surface area (Å²) in [5, 5.41) is 14.9. The van der Waals surface area contributed by atoms with Crippen molar-refractivity contribution in [3.8, 4) is 10.6 Å². The Morgan fingerprint density at radius 2 is 1.96 bits per heavy atom. The monoisotopic (exact) mass is 333 g/mol. The van der Waals surface area contributed by atoms with E-state index in [4.69, 9.17) is 5.11 Å². The van der Waals surface area contributed by atoms with Crippen LogP contribution in [-0.2, 0) is 11.3 Å². The number of hydrogen-bond acceptors (Lipinski definition) is 4. The number of nitrogens with zero attached hydrogens (tertiary/aromatic N) is 1. The van der Waals surface area contributed by atoms with Crippen molar-refractivity contribution >= 4 is 23.3 Å². The van der Waals surface area contributed by atoms with E-state index in [2.05, 4.69) is 15.6 Å². The molecule has 3 N–H and O–H groups in total. The molecule has 6 nitrogen and oxygen atoms in total. The van der Waals surface area contributed by atoms with Gasteiger partial charge in [-0.15, -0.1) is 11.3 Å². The lowest BCUT2D eigenvalue weighted by atomic mass is 10.2. The molecule has 23 heavy (non-hydrogen) atoms. The second-order valence-electron chi connectivity index (χ2n) is 5.00. The van der Waals surface area contributed by atoms with E-state index < -0.39 is 5.97 Å². The number of carboxylic acid groups (broad SMARTS) is 1. The third kappa shape index (κ3) is 5.37. The van der Waals surface area contributed by atoms with Gasteiger partial charge in [0.1, 0.15) is 5.01 Å². The van der Waals surface area contributed by atoms with Crippen molar-refractivity contribution in [2.45, 2.75) is 26.3 Å². The molecule has 2 rings (SSSR count). The summed E-state index contributed by atoms with van der Waals surface area (Å²) in [6.07, 6.45) is 0.467. The molecule has 0 aliphatic heterocycles. The highest BCUT2D eigenvalue weighted by molar-refractivity contribution is 7.15. The van der Waals surface area contributed by atoms with Crippen molar-refractivity contribution in [2.24, 2.45) is 0 Å². The molecule has 1 heterocycles. The van der Waals surface area contributed by atoms with Crippen LogP contribution in [0.15, 0.2) is 30.3 Å². The molecule has 1 aromatic heterocycles. The zero-order valence-electron chi connectivity index (χ0n) is 12.8. The van der Waals surface area contributed by atoms with Gasteiger partial charge in [0.2, 0.25) is 0 Å². The Kier molecular flexibility index (Phi) is 6.10. The van der Waals surface area contributed by atoms with Crippen molar-refractivity contribution in [3.05, 3.63) is 40.9 Å². The van der Waals surface area contributed by atoms with Crippen LogP contribution in [0, 0.1) is 6.92 Å². The predicted molar refractivity (Wildman–Crippen MR) is 89.4 cm³/mol. The number of thiazole rings is 1. The molecule has 0 atom stereocenters. The number of aryl methyl sites for hydroxylation is 1. The molecule has 0 aliphatic rings.